The average molecular weight is 260 g/mol. The summed E-state index contributed by atoms with van der Waals surface area (Å²) in [5, 5.41) is 10.1. The van der Waals surface area contributed by atoms with Gasteiger partial charge in [-0.1, -0.05) is 30.3 Å². The number of rotatable bonds is 3. The van der Waals surface area contributed by atoms with Crippen LogP contribution in [0.1, 0.15) is 11.1 Å². The van der Waals surface area contributed by atoms with Gasteiger partial charge in [-0.3, -0.25) is 4.98 Å². The number of benzene rings is 2. The first kappa shape index (κ1) is 12.2. The highest BCUT2D eigenvalue weighted by Crippen LogP contribution is 2.21. The van der Waals surface area contributed by atoms with Gasteiger partial charge >= 0.3 is 0 Å². The number of fused-ring (bicyclic) bond motifs is 1. The van der Waals surface area contributed by atoms with E-state index in [0.29, 0.717) is 17.9 Å². The van der Waals surface area contributed by atoms with Gasteiger partial charge in [0.05, 0.1) is 11.1 Å². The molecule has 20 heavy (non-hydrogen) atoms. The third-order valence-corrected chi connectivity index (χ3v) is 3.13. The Morgan fingerprint density at radius 2 is 1.80 bits per heavy atom. The van der Waals surface area contributed by atoms with E-state index in [4.69, 9.17) is 10.00 Å². The first-order valence-corrected chi connectivity index (χ1v) is 6.33. The number of aromatic nitrogens is 1. The van der Waals surface area contributed by atoms with E-state index < -0.39 is 0 Å². The summed E-state index contributed by atoms with van der Waals surface area (Å²) >= 11 is 0. The van der Waals surface area contributed by atoms with Crippen molar-refractivity contribution in [1.82, 2.24) is 4.98 Å². The molecule has 3 rings (SSSR count). The molecule has 0 aliphatic heterocycles. The zero-order valence-electron chi connectivity index (χ0n) is 10.8. The molecule has 0 N–H and O–H groups in total. The third kappa shape index (κ3) is 2.32. The van der Waals surface area contributed by atoms with Gasteiger partial charge in [-0.15, -0.1) is 0 Å². The zero-order valence-corrected chi connectivity index (χ0v) is 10.8. The Hall–Kier alpha value is -2.86. The van der Waals surface area contributed by atoms with Crippen molar-refractivity contribution in [2.75, 3.05) is 0 Å². The molecule has 0 amide bonds. The van der Waals surface area contributed by atoms with E-state index in [-0.39, 0.29) is 0 Å². The van der Waals surface area contributed by atoms with Crippen molar-refractivity contribution in [3.05, 3.63) is 71.9 Å². The maximum atomic E-state index is 9.05. The first-order valence-electron chi connectivity index (χ1n) is 6.33. The minimum absolute atomic E-state index is 0.418. The second-order valence-electron chi connectivity index (χ2n) is 4.38. The molecule has 0 aliphatic rings. The quantitative estimate of drug-likeness (QED) is 0.721. The Labute approximate surface area is 117 Å². The molecule has 3 heteroatoms. The van der Waals surface area contributed by atoms with Crippen LogP contribution in [-0.2, 0) is 6.61 Å². The summed E-state index contributed by atoms with van der Waals surface area (Å²) in [5.41, 5.74) is 2.55. The lowest BCUT2D eigenvalue weighted by Gasteiger charge is -2.09. The number of hydrogen-bond donors (Lipinski definition) is 0. The summed E-state index contributed by atoms with van der Waals surface area (Å²) in [6.45, 7) is 0.418. The highest BCUT2D eigenvalue weighted by Gasteiger charge is 2.05. The molecule has 0 fully saturated rings. The highest BCUT2D eigenvalue weighted by atomic mass is 16.5. The van der Waals surface area contributed by atoms with Crippen molar-refractivity contribution in [3.63, 3.8) is 0 Å². The molecule has 3 aromatic rings. The predicted molar refractivity (Wildman–Crippen MR) is 77.2 cm³/mol. The molecule has 0 atom stereocenters. The SMILES string of the molecule is N#Cc1ccccc1OCc1ccnc2ccccc12. The molecule has 0 saturated carbocycles. The average Bonchev–Trinajstić information content (AvgIpc) is 2.53. The standard InChI is InChI=1S/C17H12N2O/c18-11-13-5-1-4-8-17(13)20-12-14-9-10-19-16-7-3-2-6-15(14)16/h1-10H,12H2. The number of para-hydroxylation sites is 2. The normalized spacial score (nSPS) is 10.2. The lowest BCUT2D eigenvalue weighted by atomic mass is 10.1. The van der Waals surface area contributed by atoms with E-state index >= 15 is 0 Å². The van der Waals surface area contributed by atoms with Crippen molar-refractivity contribution in [1.29, 1.82) is 5.26 Å². The van der Waals surface area contributed by atoms with Crippen LogP contribution in [0.4, 0.5) is 0 Å². The van der Waals surface area contributed by atoms with E-state index in [2.05, 4.69) is 11.1 Å². The molecule has 0 radical (unpaired) electrons. The molecule has 0 spiro atoms. The Morgan fingerprint density at radius 1 is 1.00 bits per heavy atom. The molecule has 1 heterocycles. The summed E-state index contributed by atoms with van der Waals surface area (Å²) in [6, 6.07) is 19.3. The van der Waals surface area contributed by atoms with Crippen LogP contribution in [0.3, 0.4) is 0 Å². The molecular formula is C17H12N2O. The number of nitrogens with zero attached hydrogens (tertiary/aromatic N) is 2. The number of pyridine rings is 1. The maximum absolute atomic E-state index is 9.05. The van der Waals surface area contributed by atoms with E-state index in [9.17, 15) is 0 Å². The fourth-order valence-electron chi connectivity index (χ4n) is 2.12. The van der Waals surface area contributed by atoms with Crippen molar-refractivity contribution in [3.8, 4) is 11.8 Å². The number of hydrogen-bond acceptors (Lipinski definition) is 3. The number of nitriles is 1. The molecule has 0 saturated heterocycles. The van der Waals surface area contributed by atoms with Gasteiger partial charge in [0, 0.05) is 17.1 Å². The fraction of sp³-hybridized carbons (Fsp3) is 0.0588. The molecule has 2 aromatic carbocycles. The maximum Gasteiger partial charge on any atom is 0.137 e. The molecule has 0 bridgehead atoms. The number of ether oxygens (including phenoxy) is 1. The largest absolute Gasteiger partial charge is 0.487 e. The van der Waals surface area contributed by atoms with Crippen LogP contribution in [0.2, 0.25) is 0 Å². The van der Waals surface area contributed by atoms with Crippen molar-refractivity contribution in [2.24, 2.45) is 0 Å². The lowest BCUT2D eigenvalue weighted by Crippen LogP contribution is -1.98. The Kier molecular flexibility index (Phi) is 3.30. The van der Waals surface area contributed by atoms with E-state index in [1.165, 1.54) is 0 Å². The van der Waals surface area contributed by atoms with Gasteiger partial charge in [0.15, 0.2) is 0 Å². The molecule has 1 aromatic heterocycles. The van der Waals surface area contributed by atoms with E-state index in [0.717, 1.165) is 16.5 Å². The van der Waals surface area contributed by atoms with Crippen LogP contribution in [-0.4, -0.2) is 4.98 Å². The highest BCUT2D eigenvalue weighted by molar-refractivity contribution is 5.81. The van der Waals surface area contributed by atoms with Gasteiger partial charge in [0.2, 0.25) is 0 Å². The summed E-state index contributed by atoms with van der Waals surface area (Å²) in [6.07, 6.45) is 1.78. The summed E-state index contributed by atoms with van der Waals surface area (Å²) in [5.74, 6) is 0.607. The second kappa shape index (κ2) is 5.41. The third-order valence-electron chi connectivity index (χ3n) is 3.13. The van der Waals surface area contributed by atoms with Crippen LogP contribution in [0.15, 0.2) is 60.8 Å². The van der Waals surface area contributed by atoms with Crippen LogP contribution >= 0.6 is 0 Å². The van der Waals surface area contributed by atoms with E-state index in [1.54, 1.807) is 12.3 Å². The molecule has 0 aliphatic carbocycles. The molecular weight excluding hydrogens is 248 g/mol. The fourth-order valence-corrected chi connectivity index (χ4v) is 2.12. The smallest absolute Gasteiger partial charge is 0.137 e. The van der Waals surface area contributed by atoms with E-state index in [1.807, 2.05) is 48.5 Å². The topological polar surface area (TPSA) is 45.9 Å². The van der Waals surface area contributed by atoms with Crippen molar-refractivity contribution < 1.29 is 4.74 Å². The van der Waals surface area contributed by atoms with Crippen LogP contribution in [0.5, 0.6) is 5.75 Å². The minimum Gasteiger partial charge on any atom is -0.487 e. The predicted octanol–water partition coefficient (Wildman–Crippen LogP) is 3.69. The summed E-state index contributed by atoms with van der Waals surface area (Å²) < 4.78 is 5.77. The molecule has 0 unspecified atom stereocenters. The Morgan fingerprint density at radius 3 is 2.70 bits per heavy atom. The van der Waals surface area contributed by atoms with Gasteiger partial charge in [0.25, 0.3) is 0 Å². The van der Waals surface area contributed by atoms with Gasteiger partial charge < -0.3 is 4.74 Å². The zero-order chi connectivity index (χ0) is 13.8. The monoisotopic (exact) mass is 260 g/mol. The van der Waals surface area contributed by atoms with Gasteiger partial charge in [0.1, 0.15) is 18.4 Å². The minimum atomic E-state index is 0.418. The van der Waals surface area contributed by atoms with Gasteiger partial charge in [-0.2, -0.15) is 5.26 Å². The second-order valence-corrected chi connectivity index (χ2v) is 4.38. The Bertz CT molecular complexity index is 785. The first-order chi connectivity index (χ1) is 9.88. The van der Waals surface area contributed by atoms with Crippen LogP contribution in [0, 0.1) is 11.3 Å². The van der Waals surface area contributed by atoms with Crippen LogP contribution < -0.4 is 4.74 Å². The van der Waals surface area contributed by atoms with Crippen molar-refractivity contribution >= 4 is 10.9 Å². The van der Waals surface area contributed by atoms with Gasteiger partial charge in [-0.05, 0) is 24.3 Å². The van der Waals surface area contributed by atoms with Crippen LogP contribution in [0.25, 0.3) is 10.9 Å². The summed E-state index contributed by atoms with van der Waals surface area (Å²) in [4.78, 5) is 4.32. The van der Waals surface area contributed by atoms with Gasteiger partial charge in [-0.25, -0.2) is 0 Å². The lowest BCUT2D eigenvalue weighted by molar-refractivity contribution is 0.306. The summed E-state index contributed by atoms with van der Waals surface area (Å²) in [7, 11) is 0. The molecule has 96 valence electrons. The van der Waals surface area contributed by atoms with Crippen molar-refractivity contribution in [2.45, 2.75) is 6.61 Å². The Balaban J connectivity index is 1.89. The molecule has 3 nitrogen and oxygen atoms in total.